The summed E-state index contributed by atoms with van der Waals surface area (Å²) in [6.45, 7) is 5.05. The molecule has 3 fully saturated rings. The summed E-state index contributed by atoms with van der Waals surface area (Å²) >= 11 is 6.91. The van der Waals surface area contributed by atoms with Crippen LogP contribution in [0.1, 0.15) is 75.0 Å². The first-order valence-electron chi connectivity index (χ1n) is 18.8. The smallest absolute Gasteiger partial charge is 0.414 e. The van der Waals surface area contributed by atoms with Crippen molar-refractivity contribution in [1.29, 1.82) is 0 Å². The van der Waals surface area contributed by atoms with Crippen molar-refractivity contribution >= 4 is 34.3 Å². The van der Waals surface area contributed by atoms with Gasteiger partial charge in [0.05, 0.1) is 30.5 Å². The number of halogens is 1. The van der Waals surface area contributed by atoms with Crippen molar-refractivity contribution in [3.63, 3.8) is 0 Å². The molecule has 11 heteroatoms. The van der Waals surface area contributed by atoms with Gasteiger partial charge in [0, 0.05) is 24.5 Å². The molecule has 10 nitrogen and oxygen atoms in total. The van der Waals surface area contributed by atoms with Crippen LogP contribution in [-0.2, 0) is 11.3 Å². The molecule has 52 heavy (non-hydrogen) atoms. The lowest BCUT2D eigenvalue weighted by molar-refractivity contribution is -0.0311. The number of phenols is 1. The molecule has 2 bridgehead atoms. The van der Waals surface area contributed by atoms with Crippen LogP contribution in [-0.4, -0.2) is 71.6 Å². The van der Waals surface area contributed by atoms with E-state index in [-0.39, 0.29) is 23.5 Å². The number of fused-ring (bicyclic) bond motifs is 4. The van der Waals surface area contributed by atoms with E-state index in [0.717, 1.165) is 89.5 Å². The van der Waals surface area contributed by atoms with Crippen molar-refractivity contribution < 1.29 is 24.5 Å². The topological polar surface area (TPSA) is 127 Å². The Balaban J connectivity index is 0.891. The molecule has 3 aromatic carbocycles. The molecule has 0 saturated carbocycles. The van der Waals surface area contributed by atoms with E-state index in [1.54, 1.807) is 17.0 Å². The first kappa shape index (κ1) is 37.7. The van der Waals surface area contributed by atoms with E-state index >= 15 is 0 Å². The Morgan fingerprint density at radius 1 is 0.942 bits per heavy atom. The predicted molar refractivity (Wildman–Crippen MR) is 205 cm³/mol. The molecule has 0 aliphatic carbocycles. The van der Waals surface area contributed by atoms with Crippen LogP contribution in [0.15, 0.2) is 77.6 Å². The number of ether oxygens (including phenoxy) is 2. The van der Waals surface area contributed by atoms with Crippen LogP contribution < -0.4 is 20.5 Å². The SMILES string of the molecule is O=C(O[C@H]1CN2CCC1CC2)N(Cc1ccccc1)c1cccc(OCCCCCCCCCNC[C@H](O)c2ccc(O)c3[nH]c(=O)ccc23)c1Cl. The number of pyridine rings is 1. The maximum atomic E-state index is 13.7. The van der Waals surface area contributed by atoms with Crippen molar-refractivity contribution in [2.75, 3.05) is 44.2 Å². The average Bonchev–Trinajstić information content (AvgIpc) is 3.16. The van der Waals surface area contributed by atoms with Crippen molar-refractivity contribution in [3.8, 4) is 11.5 Å². The Morgan fingerprint density at radius 3 is 2.44 bits per heavy atom. The van der Waals surface area contributed by atoms with Gasteiger partial charge in [-0.1, -0.05) is 86.2 Å². The molecule has 0 spiro atoms. The zero-order valence-corrected chi connectivity index (χ0v) is 30.5. The molecule has 3 aliphatic rings. The highest BCUT2D eigenvalue weighted by atomic mass is 35.5. The molecule has 7 rings (SSSR count). The van der Waals surface area contributed by atoms with Crippen LogP contribution in [0.2, 0.25) is 5.02 Å². The van der Waals surface area contributed by atoms with E-state index in [4.69, 9.17) is 21.1 Å². The van der Waals surface area contributed by atoms with E-state index in [2.05, 4.69) is 15.2 Å². The molecule has 4 heterocycles. The van der Waals surface area contributed by atoms with Gasteiger partial charge in [-0.05, 0) is 86.6 Å². The van der Waals surface area contributed by atoms with Crippen LogP contribution in [0.4, 0.5) is 10.5 Å². The fourth-order valence-corrected chi connectivity index (χ4v) is 7.67. The Labute approximate surface area is 310 Å². The van der Waals surface area contributed by atoms with Crippen molar-refractivity contribution in [3.05, 3.63) is 99.3 Å². The summed E-state index contributed by atoms with van der Waals surface area (Å²) in [6, 6.07) is 21.7. The highest BCUT2D eigenvalue weighted by Crippen LogP contribution is 2.37. The summed E-state index contributed by atoms with van der Waals surface area (Å²) in [5, 5.41) is 25.2. The number of carbonyl (C=O) groups excluding carboxylic acids is 1. The van der Waals surface area contributed by atoms with Gasteiger partial charge >= 0.3 is 6.09 Å². The third-order valence-electron chi connectivity index (χ3n) is 10.3. The normalized spacial score (nSPS) is 18.7. The number of aromatic nitrogens is 1. The summed E-state index contributed by atoms with van der Waals surface area (Å²) in [6.07, 6.45) is 8.40. The molecule has 1 amide bonds. The van der Waals surface area contributed by atoms with Crippen molar-refractivity contribution in [2.24, 2.45) is 5.92 Å². The summed E-state index contributed by atoms with van der Waals surface area (Å²) in [5.74, 6) is 0.967. The van der Waals surface area contributed by atoms with Gasteiger partial charge in [0.1, 0.15) is 22.6 Å². The number of H-pyrrole nitrogens is 1. The maximum absolute atomic E-state index is 13.7. The van der Waals surface area contributed by atoms with Crippen LogP contribution >= 0.6 is 11.6 Å². The minimum absolute atomic E-state index is 0.0143. The second-order valence-electron chi connectivity index (χ2n) is 14.0. The molecular formula is C41H51ClN4O6. The van der Waals surface area contributed by atoms with Gasteiger partial charge in [-0.15, -0.1) is 0 Å². The molecular weight excluding hydrogens is 680 g/mol. The fourth-order valence-electron chi connectivity index (χ4n) is 7.39. The van der Waals surface area contributed by atoms with Crippen LogP contribution in [0.3, 0.4) is 0 Å². The molecule has 3 saturated heterocycles. The van der Waals surface area contributed by atoms with Gasteiger partial charge in [-0.3, -0.25) is 14.6 Å². The Kier molecular flexibility index (Phi) is 13.5. The van der Waals surface area contributed by atoms with Gasteiger partial charge in [0.2, 0.25) is 5.56 Å². The summed E-state index contributed by atoms with van der Waals surface area (Å²) < 4.78 is 12.3. The Morgan fingerprint density at radius 2 is 1.69 bits per heavy atom. The largest absolute Gasteiger partial charge is 0.506 e. The van der Waals surface area contributed by atoms with Gasteiger partial charge in [-0.25, -0.2) is 4.79 Å². The van der Waals surface area contributed by atoms with Gasteiger partial charge in [-0.2, -0.15) is 0 Å². The molecule has 3 aliphatic heterocycles. The van der Waals surface area contributed by atoms with E-state index in [9.17, 15) is 19.8 Å². The quantitative estimate of drug-likeness (QED) is 0.0773. The molecule has 4 aromatic rings. The van der Waals surface area contributed by atoms with Crippen LogP contribution in [0.5, 0.6) is 11.5 Å². The lowest BCUT2D eigenvalue weighted by atomic mass is 9.86. The number of aromatic amines is 1. The van der Waals surface area contributed by atoms with Gasteiger partial charge in [0.15, 0.2) is 0 Å². The number of piperidine rings is 3. The number of aliphatic hydroxyl groups is 1. The highest BCUT2D eigenvalue weighted by molar-refractivity contribution is 6.35. The first-order valence-corrected chi connectivity index (χ1v) is 19.1. The fraction of sp³-hybridized carbons (Fsp3) is 0.463. The summed E-state index contributed by atoms with van der Waals surface area (Å²) in [5.41, 5.74) is 2.29. The highest BCUT2D eigenvalue weighted by Gasteiger charge is 2.37. The number of aromatic hydroxyl groups is 1. The number of unbranched alkanes of at least 4 members (excludes halogenated alkanes) is 6. The van der Waals surface area contributed by atoms with Gasteiger partial charge in [0.25, 0.3) is 0 Å². The molecule has 278 valence electrons. The number of aliphatic hydroxyl groups excluding tert-OH is 1. The minimum Gasteiger partial charge on any atom is -0.506 e. The standard InChI is InChI=1S/C41H51ClN4O6/c42-39-33(46(27-29-12-7-6-8-13-29)41(50)52-37-28-45-23-20-30(37)21-24-45)14-11-15-36(39)51-25-10-5-3-1-2-4-9-22-43-26-35(48)31-16-18-34(47)40-32(31)17-19-38(49)44-40/h6-8,11-19,30,35,37,43,47-48H,1-5,9-10,20-28H2,(H,44,49)/t35-,37-/m0/s1. The number of benzene rings is 3. The molecule has 0 radical (unpaired) electrons. The van der Waals surface area contributed by atoms with E-state index in [1.807, 2.05) is 48.5 Å². The number of rotatable bonds is 18. The number of carbonyl (C=O) groups is 1. The monoisotopic (exact) mass is 730 g/mol. The van der Waals surface area contributed by atoms with Crippen molar-refractivity contribution in [2.45, 2.75) is 76.5 Å². The predicted octanol–water partition coefficient (Wildman–Crippen LogP) is 7.56. The number of hydrogen-bond donors (Lipinski definition) is 4. The van der Waals surface area contributed by atoms with Crippen LogP contribution in [0.25, 0.3) is 10.9 Å². The van der Waals surface area contributed by atoms with E-state index in [0.29, 0.717) is 58.5 Å². The third-order valence-corrected chi connectivity index (χ3v) is 10.7. The maximum Gasteiger partial charge on any atom is 0.414 e. The number of hydrogen-bond acceptors (Lipinski definition) is 8. The average molecular weight is 731 g/mol. The summed E-state index contributed by atoms with van der Waals surface area (Å²) in [4.78, 5) is 32.0. The van der Waals surface area contributed by atoms with Gasteiger partial charge < -0.3 is 30.0 Å². The second-order valence-corrected chi connectivity index (χ2v) is 14.4. The molecule has 2 atom stereocenters. The minimum atomic E-state index is -0.752. The third kappa shape index (κ3) is 9.86. The van der Waals surface area contributed by atoms with Crippen LogP contribution in [0, 0.1) is 5.92 Å². The zero-order valence-electron chi connectivity index (χ0n) is 29.8. The van der Waals surface area contributed by atoms with E-state index in [1.165, 1.54) is 12.1 Å². The Hall–Kier alpha value is -4.09. The Bertz CT molecular complexity index is 1810. The second kappa shape index (κ2) is 18.6. The number of amides is 1. The van der Waals surface area contributed by atoms with Crippen molar-refractivity contribution in [1.82, 2.24) is 15.2 Å². The molecule has 4 N–H and O–H groups in total. The number of anilines is 1. The zero-order chi connectivity index (χ0) is 36.3. The number of nitrogens with one attached hydrogen (secondary N) is 2. The molecule has 1 aromatic heterocycles. The lowest BCUT2D eigenvalue weighted by Gasteiger charge is -2.44. The first-order chi connectivity index (χ1) is 25.4. The van der Waals surface area contributed by atoms with E-state index < -0.39 is 6.10 Å². The lowest BCUT2D eigenvalue weighted by Crippen LogP contribution is -2.53. The number of nitrogens with zero attached hydrogens (tertiary/aromatic N) is 2. The summed E-state index contributed by atoms with van der Waals surface area (Å²) in [7, 11) is 0. The molecule has 0 unspecified atom stereocenters. The number of phenolic OH excluding ortho intramolecular Hbond substituents is 1.